The highest BCUT2D eigenvalue weighted by Gasteiger charge is 2.36. The van der Waals surface area contributed by atoms with Gasteiger partial charge in [-0.2, -0.15) is 0 Å². The number of nitrogens with one attached hydrogen (secondary N) is 2. The number of imide groups is 1. The van der Waals surface area contributed by atoms with Gasteiger partial charge in [0, 0.05) is 15.8 Å². The number of hydrogen-bond donors (Lipinski definition) is 2. The predicted octanol–water partition coefficient (Wildman–Crippen LogP) is 6.42. The second-order valence-corrected chi connectivity index (χ2v) is 11.3. The van der Waals surface area contributed by atoms with Crippen molar-refractivity contribution in [3.63, 3.8) is 0 Å². The first-order valence-corrected chi connectivity index (χ1v) is 14.2. The van der Waals surface area contributed by atoms with Crippen molar-refractivity contribution in [2.75, 3.05) is 30.9 Å². The maximum atomic E-state index is 12.9. The van der Waals surface area contributed by atoms with E-state index in [-0.39, 0.29) is 11.5 Å². The molecule has 0 atom stereocenters. The van der Waals surface area contributed by atoms with Crippen LogP contribution in [0.25, 0.3) is 6.08 Å². The Labute approximate surface area is 254 Å². The lowest BCUT2D eigenvalue weighted by Gasteiger charge is -2.13. The Morgan fingerprint density at radius 1 is 0.951 bits per heavy atom. The van der Waals surface area contributed by atoms with Gasteiger partial charge in [-0.15, -0.1) is 0 Å². The molecule has 1 fully saturated rings. The third-order valence-electron chi connectivity index (χ3n) is 5.73. The first kappa shape index (κ1) is 30.2. The van der Waals surface area contributed by atoms with Crippen LogP contribution in [0.5, 0.6) is 11.5 Å². The smallest absolute Gasteiger partial charge is 0.294 e. The van der Waals surface area contributed by atoms with Crippen LogP contribution in [0.3, 0.4) is 0 Å². The maximum absolute atomic E-state index is 12.9. The van der Waals surface area contributed by atoms with Crippen molar-refractivity contribution < 1.29 is 28.7 Å². The Kier molecular flexibility index (Phi) is 9.74. The number of methoxy groups -OCH3 is 1. The lowest BCUT2D eigenvalue weighted by Crippen LogP contribution is -2.36. The quantitative estimate of drug-likeness (QED) is 0.255. The van der Waals surface area contributed by atoms with E-state index < -0.39 is 29.5 Å². The van der Waals surface area contributed by atoms with Gasteiger partial charge >= 0.3 is 0 Å². The highest BCUT2D eigenvalue weighted by molar-refractivity contribution is 9.10. The molecule has 1 aliphatic rings. The lowest BCUT2D eigenvalue weighted by atomic mass is 10.1. The molecule has 0 spiro atoms. The van der Waals surface area contributed by atoms with Crippen molar-refractivity contribution in [2.24, 2.45) is 0 Å². The number of benzene rings is 3. The van der Waals surface area contributed by atoms with Gasteiger partial charge in [0.2, 0.25) is 5.91 Å². The fraction of sp³-hybridized carbons (Fsp3) is 0.172. The van der Waals surface area contributed by atoms with Crippen molar-refractivity contribution in [1.82, 2.24) is 4.90 Å². The standard InChI is InChI=1S/C29H25BrClN3O6S/c1-16-8-17(2)10-20(9-16)33-26(35)14-34-28(37)25(41-29(34)38)12-18-4-7-23(24(11-18)39-3)40-15-27(36)32-19-5-6-21(30)22(31)13-19/h4-13H,14-15H2,1-3H3,(H,32,36)(H,33,35)/b25-12+. The molecule has 4 rings (SSSR count). The molecule has 41 heavy (non-hydrogen) atoms. The van der Waals surface area contributed by atoms with Crippen LogP contribution < -0.4 is 20.1 Å². The number of anilines is 2. The highest BCUT2D eigenvalue weighted by atomic mass is 79.9. The zero-order chi connectivity index (χ0) is 29.7. The van der Waals surface area contributed by atoms with Crippen molar-refractivity contribution >= 4 is 79.7 Å². The molecule has 0 aliphatic carbocycles. The summed E-state index contributed by atoms with van der Waals surface area (Å²) in [6.45, 7) is 3.14. The van der Waals surface area contributed by atoms with Gasteiger partial charge in [0.1, 0.15) is 6.54 Å². The zero-order valence-corrected chi connectivity index (χ0v) is 25.4. The van der Waals surface area contributed by atoms with Crippen LogP contribution in [0.2, 0.25) is 5.02 Å². The van der Waals surface area contributed by atoms with E-state index in [9.17, 15) is 19.2 Å². The maximum Gasteiger partial charge on any atom is 0.294 e. The molecule has 3 aromatic carbocycles. The number of thioether (sulfide) groups is 1. The number of rotatable bonds is 9. The van der Waals surface area contributed by atoms with Gasteiger partial charge in [0.15, 0.2) is 18.1 Å². The Bertz CT molecular complexity index is 1560. The Morgan fingerprint density at radius 2 is 1.66 bits per heavy atom. The van der Waals surface area contributed by atoms with Crippen molar-refractivity contribution in [1.29, 1.82) is 0 Å². The third-order valence-corrected chi connectivity index (χ3v) is 7.87. The van der Waals surface area contributed by atoms with E-state index in [1.54, 1.807) is 36.4 Å². The van der Waals surface area contributed by atoms with E-state index in [1.165, 1.54) is 13.2 Å². The van der Waals surface area contributed by atoms with Gasteiger partial charge in [0.05, 0.1) is 17.0 Å². The molecule has 12 heteroatoms. The van der Waals surface area contributed by atoms with E-state index in [1.807, 2.05) is 32.0 Å². The van der Waals surface area contributed by atoms with Gasteiger partial charge in [-0.25, -0.2) is 0 Å². The van der Waals surface area contributed by atoms with Gasteiger partial charge in [-0.3, -0.25) is 24.1 Å². The van der Waals surface area contributed by atoms with Crippen LogP contribution in [0.1, 0.15) is 16.7 Å². The van der Waals surface area contributed by atoms with Gasteiger partial charge in [-0.1, -0.05) is 23.7 Å². The average molecular weight is 659 g/mol. The van der Waals surface area contributed by atoms with Crippen LogP contribution in [0.15, 0.2) is 64.0 Å². The van der Waals surface area contributed by atoms with E-state index >= 15 is 0 Å². The summed E-state index contributed by atoms with van der Waals surface area (Å²) in [6, 6.07) is 15.5. The summed E-state index contributed by atoms with van der Waals surface area (Å²) in [4.78, 5) is 51.4. The number of carbonyl (C=O) groups is 4. The normalized spacial score (nSPS) is 13.9. The van der Waals surface area contributed by atoms with Gasteiger partial charge in [-0.05, 0) is 107 Å². The molecule has 0 aromatic heterocycles. The third kappa shape index (κ3) is 7.90. The fourth-order valence-electron chi connectivity index (χ4n) is 3.99. The van der Waals surface area contributed by atoms with E-state index in [2.05, 4.69) is 26.6 Å². The topological polar surface area (TPSA) is 114 Å². The molecule has 4 amide bonds. The second kappa shape index (κ2) is 13.2. The minimum atomic E-state index is -0.570. The number of hydrogen-bond acceptors (Lipinski definition) is 7. The van der Waals surface area contributed by atoms with Crippen LogP contribution >= 0.6 is 39.3 Å². The average Bonchev–Trinajstić information content (AvgIpc) is 3.16. The first-order valence-electron chi connectivity index (χ1n) is 12.2. The molecule has 212 valence electrons. The number of halogens is 2. The van der Waals surface area contributed by atoms with Gasteiger partial charge < -0.3 is 20.1 Å². The number of amides is 4. The SMILES string of the molecule is COc1cc(/C=C2/SC(=O)N(CC(=O)Nc3cc(C)cc(C)c3)C2=O)ccc1OCC(=O)Nc1ccc(Br)c(Cl)c1. The number of nitrogens with zero attached hydrogens (tertiary/aromatic N) is 1. The Morgan fingerprint density at radius 3 is 2.34 bits per heavy atom. The molecular formula is C29H25BrClN3O6S. The van der Waals surface area contributed by atoms with Crippen molar-refractivity contribution in [3.8, 4) is 11.5 Å². The van der Waals surface area contributed by atoms with E-state index in [0.717, 1.165) is 27.8 Å². The fourth-order valence-corrected chi connectivity index (χ4v) is 5.25. The molecule has 0 bridgehead atoms. The Hall–Kier alpha value is -3.80. The summed E-state index contributed by atoms with van der Waals surface area (Å²) >= 11 is 10.1. The van der Waals surface area contributed by atoms with Crippen LogP contribution in [-0.4, -0.2) is 48.1 Å². The summed E-state index contributed by atoms with van der Waals surface area (Å²) in [7, 11) is 1.44. The molecule has 1 saturated heterocycles. The van der Waals surface area contributed by atoms with E-state index in [4.69, 9.17) is 21.1 Å². The van der Waals surface area contributed by atoms with Crippen molar-refractivity contribution in [3.05, 3.63) is 85.7 Å². The van der Waals surface area contributed by atoms with Crippen LogP contribution in [-0.2, 0) is 14.4 Å². The second-order valence-electron chi connectivity index (χ2n) is 9.07. The summed E-state index contributed by atoms with van der Waals surface area (Å²) in [5.74, 6) is -0.812. The summed E-state index contributed by atoms with van der Waals surface area (Å²) in [5, 5.41) is 5.35. The molecule has 3 aromatic rings. The Balaban J connectivity index is 1.38. The molecule has 0 saturated carbocycles. The largest absolute Gasteiger partial charge is 0.493 e. The number of aryl methyl sites for hydroxylation is 2. The number of ether oxygens (including phenoxy) is 2. The minimum absolute atomic E-state index is 0.164. The molecule has 0 radical (unpaired) electrons. The molecular weight excluding hydrogens is 634 g/mol. The zero-order valence-electron chi connectivity index (χ0n) is 22.2. The molecule has 1 aliphatic heterocycles. The van der Waals surface area contributed by atoms with Crippen LogP contribution in [0, 0.1) is 13.8 Å². The van der Waals surface area contributed by atoms with E-state index in [0.29, 0.717) is 37.9 Å². The summed E-state index contributed by atoms with van der Waals surface area (Å²) in [5.41, 5.74) is 3.64. The molecule has 0 unspecified atom stereocenters. The monoisotopic (exact) mass is 657 g/mol. The molecule has 1 heterocycles. The van der Waals surface area contributed by atoms with Gasteiger partial charge in [0.25, 0.3) is 17.1 Å². The minimum Gasteiger partial charge on any atom is -0.493 e. The summed E-state index contributed by atoms with van der Waals surface area (Å²) < 4.78 is 11.7. The first-order chi connectivity index (χ1) is 19.5. The van der Waals surface area contributed by atoms with Crippen molar-refractivity contribution in [2.45, 2.75) is 13.8 Å². The van der Waals surface area contributed by atoms with Crippen LogP contribution in [0.4, 0.5) is 16.2 Å². The lowest BCUT2D eigenvalue weighted by molar-refractivity contribution is -0.127. The highest BCUT2D eigenvalue weighted by Crippen LogP contribution is 2.34. The predicted molar refractivity (Wildman–Crippen MR) is 163 cm³/mol. The molecule has 9 nitrogen and oxygen atoms in total. The number of carbonyl (C=O) groups excluding carboxylic acids is 4. The summed E-state index contributed by atoms with van der Waals surface area (Å²) in [6.07, 6.45) is 1.53. The molecule has 2 N–H and O–H groups in total.